The molecule has 2 amide bonds. The molecule has 1 aliphatic carbocycles. The summed E-state index contributed by atoms with van der Waals surface area (Å²) in [5, 5.41) is 4.02. The fourth-order valence-electron chi connectivity index (χ4n) is 3.35. The predicted octanol–water partition coefficient (Wildman–Crippen LogP) is 1.51. The molecule has 0 radical (unpaired) electrons. The molecule has 2 fully saturated rings. The largest absolute Gasteiger partial charge is 0.341 e. The monoisotopic (exact) mass is 369 g/mol. The molecule has 2 aromatic heterocycles. The molecule has 1 saturated carbocycles. The smallest absolute Gasteiger partial charge is 0.253 e. The third-order valence-electron chi connectivity index (χ3n) is 5.43. The Morgan fingerprint density at radius 1 is 1.26 bits per heavy atom. The Morgan fingerprint density at radius 3 is 2.67 bits per heavy atom. The third kappa shape index (κ3) is 3.70. The maximum absolute atomic E-state index is 12.3. The van der Waals surface area contributed by atoms with Gasteiger partial charge in [-0.2, -0.15) is 4.98 Å². The number of likely N-dealkylation sites (N-methyl/N-ethyl adjacent to an activating group) is 1. The Morgan fingerprint density at radius 2 is 2.00 bits per heavy atom. The van der Waals surface area contributed by atoms with E-state index in [4.69, 9.17) is 4.52 Å². The van der Waals surface area contributed by atoms with Gasteiger partial charge in [0.2, 0.25) is 11.8 Å². The van der Waals surface area contributed by atoms with Crippen LogP contribution in [0.5, 0.6) is 0 Å². The molecular weight excluding hydrogens is 346 g/mol. The van der Waals surface area contributed by atoms with Crippen molar-refractivity contribution >= 4 is 11.8 Å². The average molecular weight is 369 g/mol. The third-order valence-corrected chi connectivity index (χ3v) is 5.43. The topological polar surface area (TPSA) is 92.4 Å². The Balaban J connectivity index is 1.25. The normalized spacial score (nSPS) is 17.3. The molecule has 0 atom stereocenters. The lowest BCUT2D eigenvalue weighted by atomic mass is 9.83. The van der Waals surface area contributed by atoms with E-state index >= 15 is 0 Å². The van der Waals surface area contributed by atoms with Crippen LogP contribution in [0.1, 0.15) is 47.3 Å². The van der Waals surface area contributed by atoms with Gasteiger partial charge in [-0.25, -0.2) is 0 Å². The van der Waals surface area contributed by atoms with Crippen LogP contribution in [0.25, 0.3) is 0 Å². The van der Waals surface area contributed by atoms with E-state index in [1.807, 2.05) is 4.90 Å². The van der Waals surface area contributed by atoms with Crippen molar-refractivity contribution in [3.63, 3.8) is 0 Å². The van der Waals surface area contributed by atoms with Crippen molar-refractivity contribution in [3.8, 4) is 0 Å². The highest BCUT2D eigenvalue weighted by molar-refractivity contribution is 5.93. The summed E-state index contributed by atoms with van der Waals surface area (Å²) in [4.78, 5) is 36.4. The molecule has 1 aliphatic heterocycles. The number of carbonyl (C=O) groups is 2. The summed E-state index contributed by atoms with van der Waals surface area (Å²) in [5.41, 5.74) is 0.604. The maximum Gasteiger partial charge on any atom is 0.253 e. The van der Waals surface area contributed by atoms with Gasteiger partial charge in [0.05, 0.1) is 5.92 Å². The average Bonchev–Trinajstić information content (AvgIpc) is 3.05. The molecule has 0 aromatic carbocycles. The second-order valence-electron chi connectivity index (χ2n) is 7.33. The summed E-state index contributed by atoms with van der Waals surface area (Å²) in [5.74, 6) is 1.75. The van der Waals surface area contributed by atoms with Crippen molar-refractivity contribution in [3.05, 3.63) is 41.8 Å². The Kier molecular flexibility index (Phi) is 4.87. The van der Waals surface area contributed by atoms with Crippen LogP contribution < -0.4 is 0 Å². The molecular formula is C19H23N5O3. The summed E-state index contributed by atoms with van der Waals surface area (Å²) < 4.78 is 5.36. The first-order valence-corrected chi connectivity index (χ1v) is 9.38. The quantitative estimate of drug-likeness (QED) is 0.766. The fourth-order valence-corrected chi connectivity index (χ4v) is 3.35. The van der Waals surface area contributed by atoms with E-state index < -0.39 is 0 Å². The molecule has 0 unspecified atom stereocenters. The van der Waals surface area contributed by atoms with E-state index in [-0.39, 0.29) is 23.7 Å². The SMILES string of the molecule is CN(CCc1noc(C2CN(C(=O)C3CCC3)C2)n1)C(=O)c1ccncc1. The molecule has 0 bridgehead atoms. The van der Waals surface area contributed by atoms with E-state index in [1.165, 1.54) is 6.42 Å². The zero-order valence-electron chi connectivity index (χ0n) is 15.4. The van der Waals surface area contributed by atoms with Crippen LogP contribution >= 0.6 is 0 Å². The zero-order valence-corrected chi connectivity index (χ0v) is 15.4. The Hall–Kier alpha value is -2.77. The van der Waals surface area contributed by atoms with E-state index in [9.17, 15) is 9.59 Å². The fraction of sp³-hybridized carbons (Fsp3) is 0.526. The number of likely N-dealkylation sites (tertiary alicyclic amines) is 1. The molecule has 27 heavy (non-hydrogen) atoms. The van der Waals surface area contributed by atoms with Crippen molar-refractivity contribution in [1.82, 2.24) is 24.9 Å². The minimum Gasteiger partial charge on any atom is -0.341 e. The van der Waals surface area contributed by atoms with Gasteiger partial charge in [0.25, 0.3) is 5.91 Å². The lowest BCUT2D eigenvalue weighted by molar-refractivity contribution is -0.143. The molecule has 142 valence electrons. The van der Waals surface area contributed by atoms with Crippen molar-refractivity contribution in [2.24, 2.45) is 5.92 Å². The van der Waals surface area contributed by atoms with Crippen LogP contribution in [0.4, 0.5) is 0 Å². The molecule has 3 heterocycles. The van der Waals surface area contributed by atoms with Gasteiger partial charge in [-0.1, -0.05) is 11.6 Å². The van der Waals surface area contributed by atoms with Gasteiger partial charge in [-0.15, -0.1) is 0 Å². The summed E-state index contributed by atoms with van der Waals surface area (Å²) in [6.45, 7) is 1.83. The number of amides is 2. The number of aromatic nitrogens is 3. The first-order chi connectivity index (χ1) is 13.1. The van der Waals surface area contributed by atoms with E-state index in [0.29, 0.717) is 43.3 Å². The molecule has 2 aliphatic rings. The number of hydrogen-bond donors (Lipinski definition) is 0. The molecule has 4 rings (SSSR count). The number of rotatable bonds is 6. The molecule has 0 N–H and O–H groups in total. The number of carbonyl (C=O) groups excluding carboxylic acids is 2. The van der Waals surface area contributed by atoms with Gasteiger partial charge < -0.3 is 14.3 Å². The minimum absolute atomic E-state index is 0.0646. The van der Waals surface area contributed by atoms with E-state index in [0.717, 1.165) is 12.8 Å². The maximum atomic E-state index is 12.3. The van der Waals surface area contributed by atoms with Gasteiger partial charge in [-0.3, -0.25) is 14.6 Å². The van der Waals surface area contributed by atoms with Crippen LogP contribution in [-0.4, -0.2) is 63.4 Å². The van der Waals surface area contributed by atoms with Crippen LogP contribution in [0.3, 0.4) is 0 Å². The molecule has 8 heteroatoms. The Labute approximate surface area is 157 Å². The second-order valence-corrected chi connectivity index (χ2v) is 7.33. The second kappa shape index (κ2) is 7.46. The van der Waals surface area contributed by atoms with Crippen molar-refractivity contribution in [2.75, 3.05) is 26.7 Å². The van der Waals surface area contributed by atoms with Crippen molar-refractivity contribution in [2.45, 2.75) is 31.6 Å². The van der Waals surface area contributed by atoms with Gasteiger partial charge >= 0.3 is 0 Å². The van der Waals surface area contributed by atoms with Crippen LogP contribution in [0.15, 0.2) is 29.0 Å². The lowest BCUT2D eigenvalue weighted by Gasteiger charge is -2.41. The number of nitrogens with zero attached hydrogens (tertiary/aromatic N) is 5. The summed E-state index contributed by atoms with van der Waals surface area (Å²) in [6, 6.07) is 3.39. The molecule has 8 nitrogen and oxygen atoms in total. The minimum atomic E-state index is -0.0646. The molecule has 1 saturated heterocycles. The van der Waals surface area contributed by atoms with Crippen LogP contribution in [0, 0.1) is 5.92 Å². The van der Waals surface area contributed by atoms with Gasteiger partial charge in [0, 0.05) is 57.0 Å². The zero-order chi connectivity index (χ0) is 18.8. The highest BCUT2D eigenvalue weighted by Crippen LogP contribution is 2.33. The van der Waals surface area contributed by atoms with Crippen molar-refractivity contribution < 1.29 is 14.1 Å². The standard InChI is InChI=1S/C19H23N5O3/c1-23(18(25)14-5-8-20-9-6-14)10-7-16-21-17(27-22-16)15-11-24(12-15)19(26)13-3-2-4-13/h5-6,8-9,13,15H,2-4,7,10-12H2,1H3. The van der Waals surface area contributed by atoms with Crippen LogP contribution in [-0.2, 0) is 11.2 Å². The summed E-state index contributed by atoms with van der Waals surface area (Å²) in [7, 11) is 1.75. The van der Waals surface area contributed by atoms with Gasteiger partial charge in [0.1, 0.15) is 0 Å². The number of hydrogen-bond acceptors (Lipinski definition) is 6. The lowest BCUT2D eigenvalue weighted by Crippen LogP contribution is -2.51. The first kappa shape index (κ1) is 17.6. The molecule has 2 aromatic rings. The van der Waals surface area contributed by atoms with Gasteiger partial charge in [-0.05, 0) is 25.0 Å². The van der Waals surface area contributed by atoms with Crippen molar-refractivity contribution in [1.29, 1.82) is 0 Å². The number of pyridine rings is 1. The van der Waals surface area contributed by atoms with Crippen LogP contribution in [0.2, 0.25) is 0 Å². The van der Waals surface area contributed by atoms with E-state index in [2.05, 4.69) is 15.1 Å². The summed E-state index contributed by atoms with van der Waals surface area (Å²) >= 11 is 0. The first-order valence-electron chi connectivity index (χ1n) is 9.38. The Bertz CT molecular complexity index is 812. The summed E-state index contributed by atoms with van der Waals surface area (Å²) in [6.07, 6.45) is 6.94. The van der Waals surface area contributed by atoms with E-state index in [1.54, 1.807) is 36.5 Å². The predicted molar refractivity (Wildman–Crippen MR) is 95.9 cm³/mol. The highest BCUT2D eigenvalue weighted by atomic mass is 16.5. The van der Waals surface area contributed by atoms with Gasteiger partial charge in [0.15, 0.2) is 5.82 Å². The molecule has 0 spiro atoms. The highest BCUT2D eigenvalue weighted by Gasteiger charge is 2.39.